The molecular weight excluding hydrogens is 316 g/mol. The van der Waals surface area contributed by atoms with Gasteiger partial charge >= 0.3 is 6.03 Å². The van der Waals surface area contributed by atoms with Crippen LogP contribution in [0.15, 0.2) is 48.5 Å². The molecule has 0 aliphatic carbocycles. The molecule has 2 aromatic rings. The third-order valence-electron chi connectivity index (χ3n) is 3.23. The SMILES string of the molecule is CC(C)(NC(=O)Nc1c(F)cccc1F)C(=O)Nc1ccccc1. The van der Waals surface area contributed by atoms with Crippen molar-refractivity contribution in [2.75, 3.05) is 10.6 Å². The van der Waals surface area contributed by atoms with E-state index in [1.165, 1.54) is 19.9 Å². The largest absolute Gasteiger partial charge is 0.324 e. The summed E-state index contributed by atoms with van der Waals surface area (Å²) in [4.78, 5) is 24.2. The maximum absolute atomic E-state index is 13.5. The number of amides is 3. The van der Waals surface area contributed by atoms with Crippen molar-refractivity contribution in [3.8, 4) is 0 Å². The Kier molecular flexibility index (Phi) is 5.13. The summed E-state index contributed by atoms with van der Waals surface area (Å²) in [7, 11) is 0. The van der Waals surface area contributed by atoms with E-state index in [9.17, 15) is 18.4 Å². The molecule has 2 rings (SSSR count). The molecular formula is C17H17F2N3O2. The van der Waals surface area contributed by atoms with Gasteiger partial charge in [-0.2, -0.15) is 0 Å². The van der Waals surface area contributed by atoms with Crippen LogP contribution in [-0.2, 0) is 4.79 Å². The van der Waals surface area contributed by atoms with Gasteiger partial charge in [0.25, 0.3) is 0 Å². The number of halogens is 2. The fourth-order valence-electron chi connectivity index (χ4n) is 1.91. The molecule has 2 aromatic carbocycles. The Balaban J connectivity index is 2.02. The number of carbonyl (C=O) groups excluding carboxylic acids is 2. The van der Waals surface area contributed by atoms with Crippen molar-refractivity contribution < 1.29 is 18.4 Å². The van der Waals surface area contributed by atoms with E-state index in [0.29, 0.717) is 5.69 Å². The van der Waals surface area contributed by atoms with Gasteiger partial charge in [0, 0.05) is 5.69 Å². The molecule has 0 unspecified atom stereocenters. The van der Waals surface area contributed by atoms with E-state index in [2.05, 4.69) is 16.0 Å². The van der Waals surface area contributed by atoms with Gasteiger partial charge in [0.15, 0.2) is 0 Å². The monoisotopic (exact) mass is 333 g/mol. The van der Waals surface area contributed by atoms with E-state index >= 15 is 0 Å². The van der Waals surface area contributed by atoms with Gasteiger partial charge in [-0.25, -0.2) is 13.6 Å². The number of hydrogen-bond donors (Lipinski definition) is 3. The van der Waals surface area contributed by atoms with Crippen molar-refractivity contribution in [2.45, 2.75) is 19.4 Å². The first-order valence-electron chi connectivity index (χ1n) is 7.19. The number of para-hydroxylation sites is 2. The molecule has 24 heavy (non-hydrogen) atoms. The molecule has 0 spiro atoms. The number of rotatable bonds is 4. The third-order valence-corrected chi connectivity index (χ3v) is 3.23. The minimum absolute atomic E-state index is 0.474. The zero-order chi connectivity index (χ0) is 17.7. The summed E-state index contributed by atoms with van der Waals surface area (Å²) in [5, 5.41) is 7.10. The molecule has 0 saturated heterocycles. The quantitative estimate of drug-likeness (QED) is 0.801. The smallest absolute Gasteiger partial charge is 0.320 e. The van der Waals surface area contributed by atoms with E-state index < -0.39 is 34.8 Å². The third kappa shape index (κ3) is 4.28. The zero-order valence-corrected chi connectivity index (χ0v) is 13.2. The number of nitrogens with one attached hydrogen (secondary N) is 3. The summed E-state index contributed by atoms with van der Waals surface area (Å²) in [6.07, 6.45) is 0. The Morgan fingerprint density at radius 1 is 0.875 bits per heavy atom. The molecule has 0 aliphatic heterocycles. The molecule has 3 N–H and O–H groups in total. The molecule has 0 radical (unpaired) electrons. The minimum atomic E-state index is -1.30. The molecule has 5 nitrogen and oxygen atoms in total. The molecule has 0 heterocycles. The second-order valence-electron chi connectivity index (χ2n) is 5.62. The van der Waals surface area contributed by atoms with Gasteiger partial charge in [-0.1, -0.05) is 24.3 Å². The van der Waals surface area contributed by atoms with Crippen molar-refractivity contribution in [1.29, 1.82) is 0 Å². The summed E-state index contributed by atoms with van der Waals surface area (Å²) in [6, 6.07) is 11.0. The van der Waals surface area contributed by atoms with Gasteiger partial charge in [0.1, 0.15) is 22.9 Å². The first-order valence-corrected chi connectivity index (χ1v) is 7.19. The van der Waals surface area contributed by atoms with Crippen LogP contribution in [0, 0.1) is 11.6 Å². The lowest BCUT2D eigenvalue weighted by Crippen LogP contribution is -2.53. The number of benzene rings is 2. The highest BCUT2D eigenvalue weighted by Gasteiger charge is 2.30. The summed E-state index contributed by atoms with van der Waals surface area (Å²) in [5.41, 5.74) is -1.31. The van der Waals surface area contributed by atoms with E-state index in [1.54, 1.807) is 30.3 Å². The highest BCUT2D eigenvalue weighted by Crippen LogP contribution is 2.18. The number of carbonyl (C=O) groups is 2. The summed E-state index contributed by atoms with van der Waals surface area (Å²) in [6.45, 7) is 2.95. The normalized spacial score (nSPS) is 10.8. The van der Waals surface area contributed by atoms with Crippen LogP contribution in [0.1, 0.15) is 13.8 Å². The van der Waals surface area contributed by atoms with Crippen molar-refractivity contribution >= 4 is 23.3 Å². The summed E-state index contributed by atoms with van der Waals surface area (Å²) >= 11 is 0. The van der Waals surface area contributed by atoms with Gasteiger partial charge in [0.2, 0.25) is 5.91 Å². The van der Waals surface area contributed by atoms with Gasteiger partial charge in [-0.3, -0.25) is 4.79 Å². The van der Waals surface area contributed by atoms with Crippen LogP contribution < -0.4 is 16.0 Å². The topological polar surface area (TPSA) is 70.2 Å². The molecule has 0 atom stereocenters. The Labute approximate surface area is 138 Å². The Bertz CT molecular complexity index is 729. The Morgan fingerprint density at radius 3 is 2.04 bits per heavy atom. The second kappa shape index (κ2) is 7.08. The van der Waals surface area contributed by atoms with Crippen LogP contribution in [0.3, 0.4) is 0 Å². The standard InChI is InChI=1S/C17H17F2N3O2/c1-17(2,15(23)20-11-7-4-3-5-8-11)22-16(24)21-14-12(18)9-6-10-13(14)19/h3-10H,1-2H3,(H,20,23)(H2,21,22,24). The van der Waals surface area contributed by atoms with Gasteiger partial charge in [-0.15, -0.1) is 0 Å². The van der Waals surface area contributed by atoms with E-state index in [1.807, 2.05) is 0 Å². The van der Waals surface area contributed by atoms with Crippen molar-refractivity contribution in [2.24, 2.45) is 0 Å². The molecule has 0 aromatic heterocycles. The highest BCUT2D eigenvalue weighted by molar-refractivity contribution is 6.01. The van der Waals surface area contributed by atoms with Gasteiger partial charge < -0.3 is 16.0 Å². The number of hydrogen-bond acceptors (Lipinski definition) is 2. The molecule has 0 fully saturated rings. The fraction of sp³-hybridized carbons (Fsp3) is 0.176. The average Bonchev–Trinajstić information content (AvgIpc) is 2.51. The van der Waals surface area contributed by atoms with Gasteiger partial charge in [0.05, 0.1) is 0 Å². The van der Waals surface area contributed by atoms with E-state index in [-0.39, 0.29) is 0 Å². The van der Waals surface area contributed by atoms with Crippen LogP contribution in [0.25, 0.3) is 0 Å². The van der Waals surface area contributed by atoms with Crippen molar-refractivity contribution in [3.05, 3.63) is 60.2 Å². The molecule has 0 bridgehead atoms. The lowest BCUT2D eigenvalue weighted by Gasteiger charge is -2.25. The molecule has 126 valence electrons. The first-order chi connectivity index (χ1) is 11.3. The van der Waals surface area contributed by atoms with Crippen LogP contribution >= 0.6 is 0 Å². The predicted molar refractivity (Wildman–Crippen MR) is 87.7 cm³/mol. The van der Waals surface area contributed by atoms with Crippen molar-refractivity contribution in [3.63, 3.8) is 0 Å². The summed E-state index contributed by atoms with van der Waals surface area (Å²) in [5.74, 6) is -2.29. The van der Waals surface area contributed by atoms with E-state index in [0.717, 1.165) is 12.1 Å². The highest BCUT2D eigenvalue weighted by atomic mass is 19.1. The second-order valence-corrected chi connectivity index (χ2v) is 5.62. The lowest BCUT2D eigenvalue weighted by molar-refractivity contribution is -0.120. The zero-order valence-electron chi connectivity index (χ0n) is 13.2. The predicted octanol–water partition coefficient (Wildman–Crippen LogP) is 3.50. The molecule has 0 aliphatic rings. The van der Waals surface area contributed by atoms with Crippen LogP contribution in [0.4, 0.5) is 25.0 Å². The maximum Gasteiger partial charge on any atom is 0.320 e. The van der Waals surface area contributed by atoms with Gasteiger partial charge in [-0.05, 0) is 38.1 Å². The molecule has 3 amide bonds. The van der Waals surface area contributed by atoms with Crippen LogP contribution in [-0.4, -0.2) is 17.5 Å². The first kappa shape index (κ1) is 17.4. The Morgan fingerprint density at radius 2 is 1.46 bits per heavy atom. The van der Waals surface area contributed by atoms with Crippen LogP contribution in [0.2, 0.25) is 0 Å². The number of urea groups is 1. The minimum Gasteiger partial charge on any atom is -0.324 e. The summed E-state index contributed by atoms with van der Waals surface area (Å²) < 4.78 is 27.1. The molecule has 0 saturated carbocycles. The van der Waals surface area contributed by atoms with Crippen LogP contribution in [0.5, 0.6) is 0 Å². The maximum atomic E-state index is 13.5. The molecule has 7 heteroatoms. The average molecular weight is 333 g/mol. The van der Waals surface area contributed by atoms with E-state index in [4.69, 9.17) is 0 Å². The Hall–Kier alpha value is -2.96. The van der Waals surface area contributed by atoms with Crippen molar-refractivity contribution in [1.82, 2.24) is 5.32 Å². The number of anilines is 2. The lowest BCUT2D eigenvalue weighted by atomic mass is 10.0. The fourth-order valence-corrected chi connectivity index (χ4v) is 1.91.